The summed E-state index contributed by atoms with van der Waals surface area (Å²) in [6.45, 7) is 0.675. The van der Waals surface area contributed by atoms with Crippen molar-refractivity contribution in [1.29, 1.82) is 0 Å². The second-order valence-electron chi connectivity index (χ2n) is 6.15. The summed E-state index contributed by atoms with van der Waals surface area (Å²) in [7, 11) is 0. The number of benzene rings is 2. The number of nitrogens with zero attached hydrogens (tertiary/aromatic N) is 3. The summed E-state index contributed by atoms with van der Waals surface area (Å²) in [5.41, 5.74) is 3.43. The van der Waals surface area contributed by atoms with Gasteiger partial charge in [-0.25, -0.2) is 9.67 Å². The Morgan fingerprint density at radius 2 is 1.92 bits per heavy atom. The van der Waals surface area contributed by atoms with Crippen LogP contribution >= 0.6 is 0 Å². The van der Waals surface area contributed by atoms with Crippen LogP contribution in [-0.2, 0) is 11.3 Å². The Hall–Kier alpha value is -3.41. The molecule has 0 aliphatic rings. The van der Waals surface area contributed by atoms with Gasteiger partial charge in [0, 0.05) is 29.6 Å². The highest BCUT2D eigenvalue weighted by atomic mass is 16.2. The van der Waals surface area contributed by atoms with E-state index in [0.29, 0.717) is 6.54 Å². The molecule has 1 unspecified atom stereocenters. The number of aromatic amines is 1. The molecular formula is C20H19N5O. The highest BCUT2D eigenvalue weighted by Crippen LogP contribution is 2.30. The van der Waals surface area contributed by atoms with Crippen LogP contribution in [0, 0.1) is 0 Å². The average molecular weight is 345 g/mol. The Morgan fingerprint density at radius 3 is 2.73 bits per heavy atom. The molecule has 0 bridgehead atoms. The summed E-state index contributed by atoms with van der Waals surface area (Å²) in [6.07, 6.45) is 4.99. The van der Waals surface area contributed by atoms with Crippen molar-refractivity contribution in [3.8, 4) is 0 Å². The highest BCUT2D eigenvalue weighted by Gasteiger charge is 2.19. The number of hydrogen-bond donors (Lipinski definition) is 2. The third-order valence-corrected chi connectivity index (χ3v) is 4.47. The van der Waals surface area contributed by atoms with Gasteiger partial charge in [0.05, 0.1) is 0 Å². The maximum absolute atomic E-state index is 12.3. The van der Waals surface area contributed by atoms with Crippen LogP contribution < -0.4 is 5.32 Å². The predicted molar refractivity (Wildman–Crippen MR) is 99.6 cm³/mol. The molecule has 2 heterocycles. The normalized spacial score (nSPS) is 12.2. The molecule has 1 amide bonds. The predicted octanol–water partition coefficient (Wildman–Crippen LogP) is 2.71. The van der Waals surface area contributed by atoms with Crippen molar-refractivity contribution in [1.82, 2.24) is 25.1 Å². The quantitative estimate of drug-likeness (QED) is 0.564. The fourth-order valence-corrected chi connectivity index (χ4v) is 3.21. The molecule has 130 valence electrons. The van der Waals surface area contributed by atoms with Crippen molar-refractivity contribution >= 4 is 16.8 Å². The number of aromatic nitrogens is 4. The van der Waals surface area contributed by atoms with Crippen LogP contribution in [0.1, 0.15) is 17.0 Å². The summed E-state index contributed by atoms with van der Waals surface area (Å²) in [4.78, 5) is 19.5. The molecule has 4 aromatic rings. The Morgan fingerprint density at radius 1 is 1.12 bits per heavy atom. The minimum Gasteiger partial charge on any atom is -0.361 e. The van der Waals surface area contributed by atoms with Crippen LogP contribution in [0.5, 0.6) is 0 Å². The lowest BCUT2D eigenvalue weighted by atomic mass is 9.91. The average Bonchev–Trinajstić information content (AvgIpc) is 3.33. The molecule has 2 aromatic carbocycles. The summed E-state index contributed by atoms with van der Waals surface area (Å²) in [5.74, 6) is -0.0247. The smallest absolute Gasteiger partial charge is 0.241 e. The van der Waals surface area contributed by atoms with Crippen LogP contribution in [0.15, 0.2) is 73.4 Å². The summed E-state index contributed by atoms with van der Waals surface area (Å²) in [5, 5.41) is 8.18. The van der Waals surface area contributed by atoms with E-state index in [1.54, 1.807) is 0 Å². The van der Waals surface area contributed by atoms with E-state index in [-0.39, 0.29) is 18.4 Å². The third kappa shape index (κ3) is 3.35. The van der Waals surface area contributed by atoms with Crippen LogP contribution in [-0.4, -0.2) is 32.2 Å². The van der Waals surface area contributed by atoms with E-state index >= 15 is 0 Å². The van der Waals surface area contributed by atoms with Gasteiger partial charge in [0.2, 0.25) is 5.91 Å². The zero-order valence-electron chi connectivity index (χ0n) is 14.2. The van der Waals surface area contributed by atoms with Gasteiger partial charge in [-0.15, -0.1) is 0 Å². The number of para-hydroxylation sites is 1. The van der Waals surface area contributed by atoms with Gasteiger partial charge in [-0.05, 0) is 17.2 Å². The monoisotopic (exact) mass is 345 g/mol. The molecule has 0 aliphatic carbocycles. The molecule has 4 rings (SSSR count). The maximum Gasteiger partial charge on any atom is 0.241 e. The standard InChI is InChI=1S/C20H19N5O/c26-20(12-25-14-21-13-24-25)23-10-17(15-6-2-1-3-7-15)18-11-22-19-9-5-4-8-16(18)19/h1-9,11,13-14,17,22H,10,12H2,(H,23,26). The molecule has 6 heteroatoms. The molecule has 0 aliphatic heterocycles. The molecule has 0 fully saturated rings. The zero-order chi connectivity index (χ0) is 17.8. The van der Waals surface area contributed by atoms with E-state index in [0.717, 1.165) is 5.52 Å². The Kier molecular flexibility index (Phi) is 4.47. The van der Waals surface area contributed by atoms with Gasteiger partial charge >= 0.3 is 0 Å². The van der Waals surface area contributed by atoms with Gasteiger partial charge in [-0.2, -0.15) is 5.10 Å². The largest absolute Gasteiger partial charge is 0.361 e. The number of amides is 1. The molecule has 0 radical (unpaired) electrons. The molecule has 0 saturated carbocycles. The Bertz CT molecular complexity index is 991. The fourth-order valence-electron chi connectivity index (χ4n) is 3.21. The summed E-state index contributed by atoms with van der Waals surface area (Å²) in [6, 6.07) is 18.4. The number of hydrogen-bond acceptors (Lipinski definition) is 3. The first-order valence-electron chi connectivity index (χ1n) is 8.51. The topological polar surface area (TPSA) is 75.6 Å². The van der Waals surface area contributed by atoms with Gasteiger partial charge in [-0.1, -0.05) is 48.5 Å². The summed E-state index contributed by atoms with van der Waals surface area (Å²) < 4.78 is 1.51. The molecule has 1 atom stereocenters. The Labute approximate surface area is 150 Å². The number of fused-ring (bicyclic) bond motifs is 1. The number of rotatable bonds is 6. The molecule has 6 nitrogen and oxygen atoms in total. The first kappa shape index (κ1) is 16.1. The second-order valence-corrected chi connectivity index (χ2v) is 6.15. The van der Waals surface area contributed by atoms with Crippen LogP contribution in [0.25, 0.3) is 10.9 Å². The van der Waals surface area contributed by atoms with Gasteiger partial charge in [0.15, 0.2) is 0 Å². The van der Waals surface area contributed by atoms with Gasteiger partial charge in [0.25, 0.3) is 0 Å². The van der Waals surface area contributed by atoms with E-state index in [4.69, 9.17) is 0 Å². The molecule has 2 aromatic heterocycles. The fraction of sp³-hybridized carbons (Fsp3) is 0.150. The lowest BCUT2D eigenvalue weighted by Gasteiger charge is -2.18. The van der Waals surface area contributed by atoms with Crippen LogP contribution in [0.4, 0.5) is 0 Å². The van der Waals surface area contributed by atoms with Gasteiger partial charge < -0.3 is 10.3 Å². The van der Waals surface area contributed by atoms with E-state index in [9.17, 15) is 4.79 Å². The Balaban J connectivity index is 1.59. The SMILES string of the molecule is O=C(Cn1cncn1)NCC(c1ccccc1)c1c[nH]c2ccccc12. The van der Waals surface area contributed by atoms with Crippen molar-refractivity contribution in [3.05, 3.63) is 84.6 Å². The maximum atomic E-state index is 12.3. The number of carbonyl (C=O) groups is 1. The molecule has 0 saturated heterocycles. The third-order valence-electron chi connectivity index (χ3n) is 4.47. The first-order valence-corrected chi connectivity index (χ1v) is 8.51. The minimum absolute atomic E-state index is 0.0621. The number of nitrogens with one attached hydrogen (secondary N) is 2. The minimum atomic E-state index is -0.0868. The van der Waals surface area contributed by atoms with Gasteiger partial charge in [0.1, 0.15) is 19.2 Å². The van der Waals surface area contributed by atoms with Crippen molar-refractivity contribution < 1.29 is 4.79 Å². The summed E-state index contributed by atoms with van der Waals surface area (Å²) >= 11 is 0. The lowest BCUT2D eigenvalue weighted by molar-refractivity contribution is -0.121. The molecular weight excluding hydrogens is 326 g/mol. The zero-order valence-corrected chi connectivity index (χ0v) is 14.2. The van der Waals surface area contributed by atoms with Crippen molar-refractivity contribution in [2.75, 3.05) is 6.54 Å². The van der Waals surface area contributed by atoms with E-state index in [1.165, 1.54) is 33.8 Å². The molecule has 2 N–H and O–H groups in total. The first-order chi connectivity index (χ1) is 12.8. The number of H-pyrrole nitrogens is 1. The van der Waals surface area contributed by atoms with E-state index in [1.807, 2.05) is 36.5 Å². The lowest BCUT2D eigenvalue weighted by Crippen LogP contribution is -2.31. The van der Waals surface area contributed by atoms with E-state index in [2.05, 4.69) is 44.6 Å². The highest BCUT2D eigenvalue weighted by molar-refractivity contribution is 5.84. The molecule has 0 spiro atoms. The van der Waals surface area contributed by atoms with Crippen LogP contribution in [0.2, 0.25) is 0 Å². The molecule has 26 heavy (non-hydrogen) atoms. The van der Waals surface area contributed by atoms with Crippen LogP contribution in [0.3, 0.4) is 0 Å². The van der Waals surface area contributed by atoms with E-state index < -0.39 is 0 Å². The van der Waals surface area contributed by atoms with Gasteiger partial charge in [-0.3, -0.25) is 4.79 Å². The van der Waals surface area contributed by atoms with Crippen molar-refractivity contribution in [2.24, 2.45) is 0 Å². The number of carbonyl (C=O) groups excluding carboxylic acids is 1. The van der Waals surface area contributed by atoms with Crippen molar-refractivity contribution in [2.45, 2.75) is 12.5 Å². The second kappa shape index (κ2) is 7.23. The van der Waals surface area contributed by atoms with Crippen molar-refractivity contribution in [3.63, 3.8) is 0 Å².